The molecule has 0 aliphatic carbocycles. The van der Waals surface area contributed by atoms with Crippen molar-refractivity contribution in [3.8, 4) is 0 Å². The van der Waals surface area contributed by atoms with Gasteiger partial charge in [-0.1, -0.05) is 29.8 Å². The van der Waals surface area contributed by atoms with Crippen molar-refractivity contribution in [2.75, 3.05) is 6.73 Å². The van der Waals surface area contributed by atoms with Gasteiger partial charge in [0.25, 0.3) is 0 Å². The highest BCUT2D eigenvalue weighted by molar-refractivity contribution is 6.31. The number of carbonyl (C=O) groups is 1. The predicted molar refractivity (Wildman–Crippen MR) is 51.9 cm³/mol. The molecule has 76 valence electrons. The van der Waals surface area contributed by atoms with Crippen LogP contribution in [0.15, 0.2) is 24.3 Å². The number of aliphatic hydroxyl groups is 1. The van der Waals surface area contributed by atoms with Crippen LogP contribution in [0.1, 0.15) is 5.56 Å². The van der Waals surface area contributed by atoms with E-state index in [0.717, 1.165) is 5.56 Å². The van der Waals surface area contributed by atoms with Crippen molar-refractivity contribution in [3.05, 3.63) is 34.9 Å². The smallest absolute Gasteiger partial charge is 0.409 e. The number of alkyl carbamates (subject to hydrolysis) is 1. The number of nitrogens with one attached hydrogen (secondary N) is 1. The third-order valence-corrected chi connectivity index (χ3v) is 1.91. The fourth-order valence-electron chi connectivity index (χ4n) is 0.874. The molecule has 0 unspecified atom stereocenters. The summed E-state index contributed by atoms with van der Waals surface area (Å²) in [6, 6.07) is 7.06. The average molecular weight is 216 g/mol. The summed E-state index contributed by atoms with van der Waals surface area (Å²) >= 11 is 5.82. The highest BCUT2D eigenvalue weighted by atomic mass is 35.5. The van der Waals surface area contributed by atoms with E-state index < -0.39 is 12.8 Å². The van der Waals surface area contributed by atoms with Gasteiger partial charge in [0.05, 0.1) is 0 Å². The lowest BCUT2D eigenvalue weighted by Gasteiger charge is -2.05. The number of halogens is 1. The summed E-state index contributed by atoms with van der Waals surface area (Å²) in [5.74, 6) is 0. The monoisotopic (exact) mass is 215 g/mol. The van der Waals surface area contributed by atoms with E-state index in [2.05, 4.69) is 5.32 Å². The van der Waals surface area contributed by atoms with Gasteiger partial charge < -0.3 is 9.84 Å². The Bertz CT molecular complexity index is 317. The van der Waals surface area contributed by atoms with Crippen molar-refractivity contribution >= 4 is 17.7 Å². The van der Waals surface area contributed by atoms with Crippen LogP contribution in [0.3, 0.4) is 0 Å². The number of amides is 1. The van der Waals surface area contributed by atoms with E-state index in [1.807, 2.05) is 0 Å². The van der Waals surface area contributed by atoms with Crippen LogP contribution in [0.2, 0.25) is 5.02 Å². The summed E-state index contributed by atoms with van der Waals surface area (Å²) in [6.07, 6.45) is -0.674. The number of hydrogen-bond donors (Lipinski definition) is 2. The molecular weight excluding hydrogens is 206 g/mol. The molecule has 4 nitrogen and oxygen atoms in total. The average Bonchev–Trinajstić information content (AvgIpc) is 2.17. The van der Waals surface area contributed by atoms with E-state index in [1.165, 1.54) is 0 Å². The molecule has 0 bridgehead atoms. The quantitative estimate of drug-likeness (QED) is 0.752. The number of benzene rings is 1. The molecule has 0 saturated heterocycles. The zero-order valence-corrected chi connectivity index (χ0v) is 8.12. The largest absolute Gasteiger partial charge is 0.445 e. The van der Waals surface area contributed by atoms with E-state index in [9.17, 15) is 4.79 Å². The van der Waals surface area contributed by atoms with E-state index in [4.69, 9.17) is 21.4 Å². The minimum absolute atomic E-state index is 0.0888. The standard InChI is InChI=1S/C9H10ClNO3/c10-8-4-2-1-3-7(8)5-14-9(13)11-6-12/h1-4,12H,5-6H2,(H,11,13). The van der Waals surface area contributed by atoms with Gasteiger partial charge in [0.1, 0.15) is 13.3 Å². The number of ether oxygens (including phenoxy) is 1. The molecule has 5 heteroatoms. The predicted octanol–water partition coefficient (Wildman–Crippen LogP) is 1.52. The third kappa shape index (κ3) is 3.24. The minimum Gasteiger partial charge on any atom is -0.445 e. The second-order valence-corrected chi connectivity index (χ2v) is 2.91. The van der Waals surface area contributed by atoms with Crippen LogP contribution in [-0.4, -0.2) is 17.9 Å². The van der Waals surface area contributed by atoms with Crippen molar-refractivity contribution in [1.82, 2.24) is 5.32 Å². The van der Waals surface area contributed by atoms with Gasteiger partial charge in [0.15, 0.2) is 0 Å². The second-order valence-electron chi connectivity index (χ2n) is 2.50. The summed E-state index contributed by atoms with van der Waals surface area (Å²) in [5, 5.41) is 11.0. The maximum absolute atomic E-state index is 10.8. The first kappa shape index (κ1) is 10.8. The van der Waals surface area contributed by atoms with Gasteiger partial charge in [-0.3, -0.25) is 5.32 Å². The molecule has 0 spiro atoms. The second kappa shape index (κ2) is 5.47. The fourth-order valence-corrected chi connectivity index (χ4v) is 1.06. The third-order valence-electron chi connectivity index (χ3n) is 1.54. The lowest BCUT2D eigenvalue weighted by molar-refractivity contribution is 0.127. The maximum atomic E-state index is 10.8. The fraction of sp³-hybridized carbons (Fsp3) is 0.222. The van der Waals surface area contributed by atoms with E-state index in [-0.39, 0.29) is 6.61 Å². The van der Waals surface area contributed by atoms with E-state index in [1.54, 1.807) is 24.3 Å². The Hall–Kier alpha value is -1.26. The van der Waals surface area contributed by atoms with Crippen LogP contribution in [0, 0.1) is 0 Å². The highest BCUT2D eigenvalue weighted by Gasteiger charge is 2.03. The Morgan fingerprint density at radius 1 is 1.50 bits per heavy atom. The lowest BCUT2D eigenvalue weighted by Crippen LogP contribution is -2.24. The molecular formula is C9H10ClNO3. The van der Waals surface area contributed by atoms with Crippen molar-refractivity contribution in [2.45, 2.75) is 6.61 Å². The number of carbonyl (C=O) groups excluding carboxylic acids is 1. The molecule has 1 aromatic rings. The summed E-state index contributed by atoms with van der Waals surface area (Å²) in [4.78, 5) is 10.8. The minimum atomic E-state index is -0.674. The summed E-state index contributed by atoms with van der Waals surface area (Å²) in [7, 11) is 0. The van der Waals surface area contributed by atoms with Gasteiger partial charge >= 0.3 is 6.09 Å². The molecule has 1 rings (SSSR count). The first-order valence-corrected chi connectivity index (χ1v) is 4.36. The highest BCUT2D eigenvalue weighted by Crippen LogP contribution is 2.15. The van der Waals surface area contributed by atoms with Crippen molar-refractivity contribution in [2.24, 2.45) is 0 Å². The SMILES string of the molecule is O=C(NCO)OCc1ccccc1Cl. The van der Waals surface area contributed by atoms with E-state index >= 15 is 0 Å². The topological polar surface area (TPSA) is 58.6 Å². The molecule has 14 heavy (non-hydrogen) atoms. The Morgan fingerprint density at radius 3 is 2.86 bits per heavy atom. The molecule has 0 radical (unpaired) electrons. The van der Waals surface area contributed by atoms with Crippen LogP contribution in [0.25, 0.3) is 0 Å². The van der Waals surface area contributed by atoms with Gasteiger partial charge in [-0.15, -0.1) is 0 Å². The Balaban J connectivity index is 2.46. The number of rotatable bonds is 3. The molecule has 0 saturated carbocycles. The van der Waals surface area contributed by atoms with Crippen LogP contribution in [0.4, 0.5) is 4.79 Å². The van der Waals surface area contributed by atoms with Gasteiger partial charge in [-0.05, 0) is 6.07 Å². The first-order chi connectivity index (χ1) is 6.74. The maximum Gasteiger partial charge on any atom is 0.409 e. The lowest BCUT2D eigenvalue weighted by atomic mass is 10.2. The molecule has 0 fully saturated rings. The Kier molecular flexibility index (Phi) is 4.22. The van der Waals surface area contributed by atoms with Crippen LogP contribution >= 0.6 is 11.6 Å². The summed E-state index contributed by atoms with van der Waals surface area (Å²) in [5.41, 5.74) is 0.724. The van der Waals surface area contributed by atoms with Gasteiger partial charge in [0, 0.05) is 10.6 Å². The Labute approximate surface area is 86.4 Å². The molecule has 1 aromatic carbocycles. The first-order valence-electron chi connectivity index (χ1n) is 3.99. The van der Waals surface area contributed by atoms with Crippen molar-refractivity contribution in [3.63, 3.8) is 0 Å². The van der Waals surface area contributed by atoms with Crippen LogP contribution < -0.4 is 5.32 Å². The zero-order valence-electron chi connectivity index (χ0n) is 7.37. The Morgan fingerprint density at radius 2 is 2.21 bits per heavy atom. The van der Waals surface area contributed by atoms with Gasteiger partial charge in [0.2, 0.25) is 0 Å². The van der Waals surface area contributed by atoms with Gasteiger partial charge in [-0.2, -0.15) is 0 Å². The number of aliphatic hydroxyl groups excluding tert-OH is 1. The molecule has 0 aromatic heterocycles. The van der Waals surface area contributed by atoms with E-state index in [0.29, 0.717) is 5.02 Å². The van der Waals surface area contributed by atoms with Gasteiger partial charge in [-0.25, -0.2) is 4.79 Å². The zero-order chi connectivity index (χ0) is 10.4. The molecule has 2 N–H and O–H groups in total. The van der Waals surface area contributed by atoms with Crippen LogP contribution in [-0.2, 0) is 11.3 Å². The molecule has 1 amide bonds. The normalized spacial score (nSPS) is 9.57. The molecule has 0 aliphatic heterocycles. The summed E-state index contributed by atoms with van der Waals surface area (Å²) < 4.78 is 4.75. The molecule has 0 heterocycles. The van der Waals surface area contributed by atoms with Crippen molar-refractivity contribution < 1.29 is 14.6 Å². The molecule has 0 atom stereocenters. The summed E-state index contributed by atoms with van der Waals surface area (Å²) in [6.45, 7) is -0.354. The number of hydrogen-bond acceptors (Lipinski definition) is 3. The van der Waals surface area contributed by atoms with Crippen molar-refractivity contribution in [1.29, 1.82) is 0 Å². The van der Waals surface area contributed by atoms with Crippen LogP contribution in [0.5, 0.6) is 0 Å². The molecule has 0 aliphatic rings.